The van der Waals surface area contributed by atoms with Crippen molar-refractivity contribution in [3.63, 3.8) is 0 Å². The first-order valence-corrected chi connectivity index (χ1v) is 14.1. The van der Waals surface area contributed by atoms with Gasteiger partial charge in [0, 0.05) is 6.92 Å². The molecule has 0 radical (unpaired) electrons. The molecule has 0 aliphatic rings. The largest absolute Gasteiger partial charge is 0.481 e. The van der Waals surface area contributed by atoms with Crippen molar-refractivity contribution in [3.8, 4) is 0 Å². The SMILES string of the molecule is BrP(Br)(Br)(Br)Br.CC(=O)O. The summed E-state index contributed by atoms with van der Waals surface area (Å²) >= 11 is 16.4. The monoisotopic (exact) mass is 486 g/mol. The molecule has 10 heavy (non-hydrogen) atoms. The Morgan fingerprint density at radius 2 is 1.20 bits per heavy atom. The molecule has 0 aromatic heterocycles. The Bertz CT molecular complexity index is 104. The van der Waals surface area contributed by atoms with E-state index < -0.39 is 6.08 Å². The number of rotatable bonds is 0. The number of carboxylic acids is 1. The average Bonchev–Trinajstić information content (AvgIpc) is 1.14. The van der Waals surface area contributed by atoms with E-state index in [1.807, 2.05) is 0 Å². The fourth-order valence-corrected chi connectivity index (χ4v) is 0. The number of halogens is 5. The van der Waals surface area contributed by atoms with Crippen LogP contribution in [-0.2, 0) is 4.79 Å². The van der Waals surface area contributed by atoms with Crippen molar-refractivity contribution >= 4 is 83.5 Å². The summed E-state index contributed by atoms with van der Waals surface area (Å²) in [5.74, 6) is -0.833. The molecule has 0 aliphatic carbocycles. The van der Waals surface area contributed by atoms with E-state index in [0.29, 0.717) is 0 Å². The first-order valence-electron chi connectivity index (χ1n) is 1.77. The van der Waals surface area contributed by atoms with Crippen LogP contribution in [0.15, 0.2) is 0 Å². The van der Waals surface area contributed by atoms with E-state index >= 15 is 0 Å². The topological polar surface area (TPSA) is 37.3 Å². The van der Waals surface area contributed by atoms with Crippen LogP contribution in [0.3, 0.4) is 0 Å². The van der Waals surface area contributed by atoms with Gasteiger partial charge in [0.2, 0.25) is 0 Å². The van der Waals surface area contributed by atoms with E-state index in [1.165, 1.54) is 0 Å². The van der Waals surface area contributed by atoms with Gasteiger partial charge in [-0.3, -0.25) is 4.79 Å². The summed E-state index contributed by atoms with van der Waals surface area (Å²) in [6.45, 7) is 1.08. The van der Waals surface area contributed by atoms with E-state index in [9.17, 15) is 0 Å². The van der Waals surface area contributed by atoms with Gasteiger partial charge >= 0.3 is 77.6 Å². The van der Waals surface area contributed by atoms with Crippen LogP contribution >= 0.6 is 77.6 Å². The van der Waals surface area contributed by atoms with Crippen LogP contribution in [0, 0.1) is 0 Å². The molecule has 1 N–H and O–H groups in total. The number of carbonyl (C=O) groups is 1. The van der Waals surface area contributed by atoms with Crippen molar-refractivity contribution in [2.75, 3.05) is 0 Å². The number of hydrogen-bond acceptors (Lipinski definition) is 1. The van der Waals surface area contributed by atoms with Gasteiger partial charge in [0.15, 0.2) is 0 Å². The molecule has 0 rings (SSSR count). The summed E-state index contributed by atoms with van der Waals surface area (Å²) in [5, 5.41) is 7.42. The molecule has 0 saturated carbocycles. The molecule has 0 saturated heterocycles. The van der Waals surface area contributed by atoms with Crippen molar-refractivity contribution in [1.29, 1.82) is 0 Å². The van der Waals surface area contributed by atoms with Crippen LogP contribution in [-0.4, -0.2) is 11.1 Å². The van der Waals surface area contributed by atoms with Crippen molar-refractivity contribution in [2.24, 2.45) is 0 Å². The summed E-state index contributed by atoms with van der Waals surface area (Å²) in [6, 6.07) is 0. The van der Waals surface area contributed by atoms with Gasteiger partial charge in [-0.1, -0.05) is 0 Å². The molecule has 0 aliphatic heterocycles. The molecule has 0 amide bonds. The quantitative estimate of drug-likeness (QED) is 0.475. The second kappa shape index (κ2) is 5.12. The maximum Gasteiger partial charge on any atom is 0.300 e. The minimum Gasteiger partial charge on any atom is -0.481 e. The minimum atomic E-state index is -1.99. The predicted molar refractivity (Wildman–Crippen MR) is 64.9 cm³/mol. The second-order valence-electron chi connectivity index (χ2n) is 1.16. The van der Waals surface area contributed by atoms with E-state index in [2.05, 4.69) is 77.4 Å². The Balaban J connectivity index is 0. The molecule has 2 nitrogen and oxygen atoms in total. The van der Waals surface area contributed by atoms with Crippen molar-refractivity contribution in [1.82, 2.24) is 0 Å². The molecule has 0 heterocycles. The molecule has 0 unspecified atom stereocenters. The Hall–Kier alpha value is 2.30. The van der Waals surface area contributed by atoms with Gasteiger partial charge in [-0.25, -0.2) is 0 Å². The first kappa shape index (κ1) is 14.8. The Labute approximate surface area is 99.1 Å². The zero-order chi connectivity index (χ0) is 9.02. The van der Waals surface area contributed by atoms with Crippen LogP contribution in [0.2, 0.25) is 0 Å². The maximum atomic E-state index is 9.00. The molecule has 64 valence electrons. The summed E-state index contributed by atoms with van der Waals surface area (Å²) < 4.78 is -1.99. The maximum absolute atomic E-state index is 9.00. The zero-order valence-electron chi connectivity index (χ0n) is 4.69. The van der Waals surface area contributed by atoms with Gasteiger partial charge in [-0.05, 0) is 0 Å². The van der Waals surface area contributed by atoms with E-state index in [1.54, 1.807) is 0 Å². The molecule has 0 spiro atoms. The van der Waals surface area contributed by atoms with Gasteiger partial charge in [-0.2, -0.15) is 0 Å². The third kappa shape index (κ3) is 168. The second-order valence-corrected chi connectivity index (χ2v) is 52.3. The first-order chi connectivity index (χ1) is 3.97. The van der Waals surface area contributed by atoms with Crippen molar-refractivity contribution < 1.29 is 9.90 Å². The Kier molecular flexibility index (Phi) is 7.58. The van der Waals surface area contributed by atoms with Gasteiger partial charge in [0.25, 0.3) is 5.97 Å². The minimum absolute atomic E-state index is 0.833. The third-order valence-corrected chi connectivity index (χ3v) is 0. The summed E-state index contributed by atoms with van der Waals surface area (Å²) in [7, 11) is 0. The summed E-state index contributed by atoms with van der Waals surface area (Å²) in [6.07, 6.45) is 0. The zero-order valence-corrected chi connectivity index (χ0v) is 13.5. The fraction of sp³-hybridized carbons (Fsp3) is 0.500. The summed E-state index contributed by atoms with van der Waals surface area (Å²) in [4.78, 5) is 9.00. The van der Waals surface area contributed by atoms with Gasteiger partial charge in [-0.15, -0.1) is 0 Å². The number of carboxylic acid groups (broad SMARTS) is 1. The number of aliphatic carboxylic acids is 1. The standard InChI is InChI=1S/C2H4O2.Br5P/c1-2(3)4;1-6(2,3,4)5/h1H3,(H,3,4);. The molecule has 0 atom stereocenters. The van der Waals surface area contributed by atoms with Crippen LogP contribution in [0.4, 0.5) is 0 Å². The molecule has 0 aromatic rings. The van der Waals surface area contributed by atoms with E-state index in [-0.39, 0.29) is 0 Å². The normalized spacial score (nSPS) is 14.0. The van der Waals surface area contributed by atoms with Gasteiger partial charge in [0.05, 0.1) is 0 Å². The molecular formula is C2H4Br5O2P. The average molecular weight is 491 g/mol. The molecule has 0 fully saturated rings. The molecule has 0 aromatic carbocycles. The predicted octanol–water partition coefficient (Wildman–Crippen LogP) is 5.18. The number of hydrogen-bond donors (Lipinski definition) is 1. The Morgan fingerprint density at radius 1 is 1.20 bits per heavy atom. The smallest absolute Gasteiger partial charge is 0.300 e. The molecule has 0 bridgehead atoms. The van der Waals surface area contributed by atoms with Crippen LogP contribution in [0.25, 0.3) is 0 Å². The van der Waals surface area contributed by atoms with Crippen LogP contribution < -0.4 is 0 Å². The van der Waals surface area contributed by atoms with Gasteiger partial charge in [0.1, 0.15) is 0 Å². The molecular weight excluding hydrogens is 487 g/mol. The van der Waals surface area contributed by atoms with Gasteiger partial charge < -0.3 is 5.11 Å². The van der Waals surface area contributed by atoms with Crippen LogP contribution in [0.1, 0.15) is 6.92 Å². The third-order valence-electron chi connectivity index (χ3n) is 0. The molecule has 8 heteroatoms. The Morgan fingerprint density at radius 3 is 1.20 bits per heavy atom. The summed E-state index contributed by atoms with van der Waals surface area (Å²) in [5.41, 5.74) is 0. The van der Waals surface area contributed by atoms with Crippen LogP contribution in [0.5, 0.6) is 0 Å². The van der Waals surface area contributed by atoms with E-state index in [0.717, 1.165) is 6.92 Å². The van der Waals surface area contributed by atoms with Crippen molar-refractivity contribution in [2.45, 2.75) is 6.92 Å². The van der Waals surface area contributed by atoms with Crippen molar-refractivity contribution in [3.05, 3.63) is 0 Å². The van der Waals surface area contributed by atoms with E-state index in [4.69, 9.17) is 9.90 Å². The fourth-order valence-electron chi connectivity index (χ4n) is 0.